The van der Waals surface area contributed by atoms with Gasteiger partial charge in [-0.15, -0.1) is 0 Å². The van der Waals surface area contributed by atoms with Gasteiger partial charge in [0.05, 0.1) is 17.1 Å². The van der Waals surface area contributed by atoms with Crippen LogP contribution in [0.4, 0.5) is 17.1 Å². The molecule has 0 aliphatic carbocycles. The van der Waals surface area contributed by atoms with Gasteiger partial charge in [0.2, 0.25) is 0 Å². The Balaban J connectivity index is 1.73. The van der Waals surface area contributed by atoms with Gasteiger partial charge in [0.25, 0.3) is 0 Å². The first-order chi connectivity index (χ1) is 16.4. The number of rotatable bonds is 4. The third kappa shape index (κ3) is 2.48. The molecule has 0 bridgehead atoms. The summed E-state index contributed by atoms with van der Waals surface area (Å²) in [5, 5.41) is 2.44. The number of benzene rings is 3. The summed E-state index contributed by atoms with van der Waals surface area (Å²) < 4.78 is 6.78. The van der Waals surface area contributed by atoms with Gasteiger partial charge in [0, 0.05) is 28.7 Å². The van der Waals surface area contributed by atoms with E-state index in [0.29, 0.717) is 0 Å². The summed E-state index contributed by atoms with van der Waals surface area (Å²) in [5.74, 6) is 0. The van der Waals surface area contributed by atoms with E-state index in [4.69, 9.17) is 4.42 Å². The lowest BCUT2D eigenvalue weighted by Gasteiger charge is -2.58. The number of anilines is 3. The van der Waals surface area contributed by atoms with E-state index in [-0.39, 0.29) is 17.0 Å². The van der Waals surface area contributed by atoms with Crippen molar-refractivity contribution < 1.29 is 4.42 Å². The highest BCUT2D eigenvalue weighted by Crippen LogP contribution is 2.64. The molecule has 3 nitrogen and oxygen atoms in total. The van der Waals surface area contributed by atoms with Crippen molar-refractivity contribution in [3.63, 3.8) is 0 Å². The molecule has 0 saturated heterocycles. The van der Waals surface area contributed by atoms with Crippen LogP contribution in [0.1, 0.15) is 65.0 Å². The number of furan rings is 1. The molecule has 0 radical (unpaired) electrons. The molecule has 3 heteroatoms. The number of hydrogen-bond donors (Lipinski definition) is 0. The van der Waals surface area contributed by atoms with Gasteiger partial charge in [-0.05, 0) is 48.6 Å². The van der Waals surface area contributed by atoms with Gasteiger partial charge in [-0.2, -0.15) is 0 Å². The molecule has 4 aromatic rings. The van der Waals surface area contributed by atoms with E-state index in [2.05, 4.69) is 106 Å². The highest BCUT2D eigenvalue weighted by atomic mass is 16.3. The molecular weight excluding hydrogens is 416 g/mol. The van der Waals surface area contributed by atoms with Crippen LogP contribution in [0.15, 0.2) is 59.0 Å². The molecule has 3 aromatic carbocycles. The van der Waals surface area contributed by atoms with Crippen molar-refractivity contribution in [2.24, 2.45) is 5.41 Å². The zero-order chi connectivity index (χ0) is 23.8. The van der Waals surface area contributed by atoms with Gasteiger partial charge in [-0.1, -0.05) is 77.4 Å². The molecule has 34 heavy (non-hydrogen) atoms. The third-order valence-electron chi connectivity index (χ3n) is 9.46. The lowest BCUT2D eigenvalue weighted by atomic mass is 9.55. The molecule has 3 atom stereocenters. The van der Waals surface area contributed by atoms with Crippen molar-refractivity contribution in [1.82, 2.24) is 0 Å². The lowest BCUT2D eigenvalue weighted by molar-refractivity contribution is 0.0946. The van der Waals surface area contributed by atoms with Gasteiger partial charge in [-0.25, -0.2) is 0 Å². The largest absolute Gasteiger partial charge is 0.454 e. The quantitative estimate of drug-likeness (QED) is 0.309. The predicted octanol–water partition coefficient (Wildman–Crippen LogP) is 8.55. The standard InChI is InChI=1S/C31H36N2O/c1-7-12-20-15-16-21-22-17-18-23-27(28(22)34-26(21)19-20)33-25-14-11-10-13-24(25)32(6)29(33)31(5,9-3)30(23,4)8-2/h10-11,13-19,29H,7-9,12H2,1-6H3. The fourth-order valence-electron chi connectivity index (χ4n) is 7.12. The monoisotopic (exact) mass is 452 g/mol. The maximum absolute atomic E-state index is 6.78. The highest BCUT2D eigenvalue weighted by molar-refractivity contribution is 6.11. The summed E-state index contributed by atoms with van der Waals surface area (Å²) in [4.78, 5) is 5.11. The van der Waals surface area contributed by atoms with Gasteiger partial charge < -0.3 is 14.2 Å². The van der Waals surface area contributed by atoms with Crippen LogP contribution >= 0.6 is 0 Å². The van der Waals surface area contributed by atoms with Crippen LogP contribution in [-0.2, 0) is 11.8 Å². The average molecular weight is 453 g/mol. The smallest absolute Gasteiger partial charge is 0.159 e. The van der Waals surface area contributed by atoms with Crippen LogP contribution < -0.4 is 9.80 Å². The van der Waals surface area contributed by atoms with Crippen LogP contribution in [0, 0.1) is 5.41 Å². The molecule has 0 fully saturated rings. The molecule has 1 aromatic heterocycles. The fraction of sp³-hybridized carbons (Fsp3) is 0.419. The van der Waals surface area contributed by atoms with E-state index in [9.17, 15) is 0 Å². The van der Waals surface area contributed by atoms with E-state index >= 15 is 0 Å². The minimum atomic E-state index is 0.0229. The van der Waals surface area contributed by atoms with E-state index in [1.165, 1.54) is 39.0 Å². The molecule has 0 amide bonds. The molecule has 3 heterocycles. The first-order valence-electron chi connectivity index (χ1n) is 13.0. The summed E-state index contributed by atoms with van der Waals surface area (Å²) in [6, 6.07) is 20.4. The molecule has 0 spiro atoms. The van der Waals surface area contributed by atoms with Crippen LogP contribution in [-0.4, -0.2) is 13.2 Å². The van der Waals surface area contributed by atoms with E-state index in [0.717, 1.165) is 36.8 Å². The van der Waals surface area contributed by atoms with Crippen molar-refractivity contribution in [2.75, 3.05) is 16.8 Å². The van der Waals surface area contributed by atoms with Crippen molar-refractivity contribution >= 4 is 39.0 Å². The van der Waals surface area contributed by atoms with Crippen molar-refractivity contribution in [3.05, 3.63) is 65.7 Å². The summed E-state index contributed by atoms with van der Waals surface area (Å²) in [6.07, 6.45) is 4.66. The third-order valence-corrected chi connectivity index (χ3v) is 9.46. The summed E-state index contributed by atoms with van der Waals surface area (Å²) in [7, 11) is 2.27. The summed E-state index contributed by atoms with van der Waals surface area (Å²) in [5.41, 5.74) is 8.76. The Kier molecular flexibility index (Phi) is 4.62. The SMILES string of the molecule is CCCc1ccc2c(c1)oc1c3c(ccc12)C(C)(CC)C(C)(CC)C1N(C)c2ccccc2N31. The molecule has 3 unspecified atom stereocenters. The molecule has 6 rings (SSSR count). The highest BCUT2D eigenvalue weighted by Gasteiger charge is 2.60. The Hall–Kier alpha value is -2.94. The van der Waals surface area contributed by atoms with Crippen LogP contribution in [0.5, 0.6) is 0 Å². The number of nitrogens with zero attached hydrogens (tertiary/aromatic N) is 2. The second-order valence-electron chi connectivity index (χ2n) is 10.8. The molecule has 176 valence electrons. The van der Waals surface area contributed by atoms with Gasteiger partial charge >= 0.3 is 0 Å². The molecular formula is C31H36N2O. The minimum Gasteiger partial charge on any atom is -0.454 e. The normalized spacial score (nSPS) is 25.6. The first kappa shape index (κ1) is 21.6. The lowest BCUT2D eigenvalue weighted by Crippen LogP contribution is -2.62. The van der Waals surface area contributed by atoms with E-state index in [1.807, 2.05) is 0 Å². The van der Waals surface area contributed by atoms with Crippen LogP contribution in [0.25, 0.3) is 21.9 Å². The Morgan fingerprint density at radius 2 is 1.62 bits per heavy atom. The average Bonchev–Trinajstić information content (AvgIpc) is 3.37. The number of hydrogen-bond acceptors (Lipinski definition) is 3. The molecule has 2 aliphatic heterocycles. The predicted molar refractivity (Wildman–Crippen MR) is 145 cm³/mol. The van der Waals surface area contributed by atoms with Crippen LogP contribution in [0.3, 0.4) is 0 Å². The number of aryl methyl sites for hydroxylation is 1. The number of fused-ring (bicyclic) bond motifs is 9. The van der Waals surface area contributed by atoms with Crippen molar-refractivity contribution in [3.8, 4) is 0 Å². The zero-order valence-corrected chi connectivity index (χ0v) is 21.4. The Morgan fingerprint density at radius 3 is 2.32 bits per heavy atom. The zero-order valence-electron chi connectivity index (χ0n) is 21.4. The molecule has 0 N–H and O–H groups in total. The Bertz CT molecular complexity index is 1420. The number of para-hydroxylation sites is 2. The second kappa shape index (κ2) is 7.28. The maximum atomic E-state index is 6.78. The second-order valence-corrected chi connectivity index (χ2v) is 10.8. The molecule has 0 saturated carbocycles. The van der Waals surface area contributed by atoms with E-state index in [1.54, 1.807) is 0 Å². The maximum Gasteiger partial charge on any atom is 0.159 e. The Labute approximate surface area is 203 Å². The van der Waals surface area contributed by atoms with Gasteiger partial charge in [0.15, 0.2) is 5.58 Å². The van der Waals surface area contributed by atoms with Crippen molar-refractivity contribution in [2.45, 2.75) is 71.9 Å². The molecule has 2 aliphatic rings. The fourth-order valence-corrected chi connectivity index (χ4v) is 7.12. The van der Waals surface area contributed by atoms with Crippen LogP contribution in [0.2, 0.25) is 0 Å². The van der Waals surface area contributed by atoms with Gasteiger partial charge in [0.1, 0.15) is 11.7 Å². The summed E-state index contributed by atoms with van der Waals surface area (Å²) in [6.45, 7) is 11.9. The van der Waals surface area contributed by atoms with E-state index < -0.39 is 0 Å². The first-order valence-corrected chi connectivity index (χ1v) is 13.0. The minimum absolute atomic E-state index is 0.0229. The van der Waals surface area contributed by atoms with Gasteiger partial charge in [-0.3, -0.25) is 0 Å². The van der Waals surface area contributed by atoms with Crippen molar-refractivity contribution in [1.29, 1.82) is 0 Å². The summed E-state index contributed by atoms with van der Waals surface area (Å²) >= 11 is 0. The topological polar surface area (TPSA) is 19.6 Å². The Morgan fingerprint density at radius 1 is 0.882 bits per heavy atom.